The lowest BCUT2D eigenvalue weighted by Crippen LogP contribution is -2.09. The zero-order chi connectivity index (χ0) is 9.84. The molecule has 1 aliphatic carbocycles. The number of halogens is 1. The van der Waals surface area contributed by atoms with E-state index in [-0.39, 0.29) is 5.97 Å². The van der Waals surface area contributed by atoms with Gasteiger partial charge in [-0.15, -0.1) is 11.8 Å². The number of allylic oxidation sites excluding steroid dienone is 2. The molecule has 0 unspecified atom stereocenters. The Hall–Kier alpha value is -0.220. The van der Waals surface area contributed by atoms with Gasteiger partial charge in [-0.2, -0.15) is 0 Å². The number of thioether (sulfide) groups is 1. The van der Waals surface area contributed by atoms with Gasteiger partial charge in [0.05, 0.1) is 12.7 Å². The summed E-state index contributed by atoms with van der Waals surface area (Å²) in [4.78, 5) is 12.5. The average Bonchev–Trinajstić information content (AvgIpc) is 2.16. The second-order valence-electron chi connectivity index (χ2n) is 2.58. The highest BCUT2D eigenvalue weighted by Crippen LogP contribution is 2.34. The molecule has 0 atom stereocenters. The quantitative estimate of drug-likeness (QED) is 0.716. The van der Waals surface area contributed by atoms with Crippen LogP contribution in [0.25, 0.3) is 0 Å². The molecule has 1 aliphatic rings. The largest absolute Gasteiger partial charge is 0.465 e. The Morgan fingerprint density at radius 2 is 2.38 bits per heavy atom. The van der Waals surface area contributed by atoms with Crippen molar-refractivity contribution in [1.29, 1.82) is 0 Å². The predicted molar refractivity (Wildman–Crippen MR) is 58.8 cm³/mol. The summed E-state index contributed by atoms with van der Waals surface area (Å²) in [5.41, 5.74) is 0.682. The fourth-order valence-electron chi connectivity index (χ4n) is 1.21. The van der Waals surface area contributed by atoms with Crippen LogP contribution in [0, 0.1) is 0 Å². The molecule has 13 heavy (non-hydrogen) atoms. The Morgan fingerprint density at radius 1 is 1.69 bits per heavy atom. The van der Waals surface area contributed by atoms with E-state index >= 15 is 0 Å². The lowest BCUT2D eigenvalue weighted by molar-refractivity contribution is -0.135. The molecule has 0 aromatic carbocycles. The number of methoxy groups -OCH3 is 1. The van der Waals surface area contributed by atoms with Gasteiger partial charge in [0.15, 0.2) is 0 Å². The first-order valence-corrected chi connectivity index (χ1v) is 5.94. The molecule has 0 saturated heterocycles. The summed E-state index contributed by atoms with van der Waals surface area (Å²) in [7, 11) is 1.40. The maximum atomic E-state index is 11.4. The van der Waals surface area contributed by atoms with Gasteiger partial charge in [0.2, 0.25) is 0 Å². The van der Waals surface area contributed by atoms with Crippen LogP contribution in [0.3, 0.4) is 0 Å². The zero-order valence-electron chi connectivity index (χ0n) is 7.59. The van der Waals surface area contributed by atoms with Gasteiger partial charge >= 0.3 is 5.97 Å². The van der Waals surface area contributed by atoms with E-state index < -0.39 is 0 Å². The highest BCUT2D eigenvalue weighted by molar-refractivity contribution is 9.12. The Kier molecular flexibility index (Phi) is 4.06. The van der Waals surface area contributed by atoms with E-state index in [4.69, 9.17) is 4.74 Å². The SMILES string of the molecule is COC(=O)C1=C(SC)CCC=C1Br. The molecule has 0 N–H and O–H groups in total. The van der Waals surface area contributed by atoms with Crippen LogP contribution >= 0.6 is 27.7 Å². The van der Waals surface area contributed by atoms with Gasteiger partial charge < -0.3 is 4.74 Å². The fraction of sp³-hybridized carbons (Fsp3) is 0.444. The molecule has 72 valence electrons. The topological polar surface area (TPSA) is 26.3 Å². The van der Waals surface area contributed by atoms with Crippen molar-refractivity contribution in [3.63, 3.8) is 0 Å². The monoisotopic (exact) mass is 262 g/mol. The highest BCUT2D eigenvalue weighted by Gasteiger charge is 2.20. The van der Waals surface area contributed by atoms with E-state index in [0.717, 1.165) is 22.2 Å². The average molecular weight is 263 g/mol. The molecule has 0 heterocycles. The van der Waals surface area contributed by atoms with Gasteiger partial charge in [-0.1, -0.05) is 22.0 Å². The smallest absolute Gasteiger partial charge is 0.339 e. The number of esters is 1. The summed E-state index contributed by atoms with van der Waals surface area (Å²) < 4.78 is 5.57. The van der Waals surface area contributed by atoms with Crippen molar-refractivity contribution in [3.8, 4) is 0 Å². The molecule has 0 fully saturated rings. The second kappa shape index (κ2) is 4.86. The van der Waals surface area contributed by atoms with Gasteiger partial charge in [-0.25, -0.2) is 4.79 Å². The van der Waals surface area contributed by atoms with Crippen LogP contribution in [0.5, 0.6) is 0 Å². The summed E-state index contributed by atoms with van der Waals surface area (Å²) in [5, 5.41) is 0. The Bertz CT molecular complexity index is 281. The van der Waals surface area contributed by atoms with Crippen LogP contribution in [0.2, 0.25) is 0 Å². The minimum Gasteiger partial charge on any atom is -0.465 e. The number of hydrogen-bond acceptors (Lipinski definition) is 3. The van der Waals surface area contributed by atoms with Crippen LogP contribution < -0.4 is 0 Å². The summed E-state index contributed by atoms with van der Waals surface area (Å²) in [6, 6.07) is 0. The van der Waals surface area contributed by atoms with Gasteiger partial charge in [0.1, 0.15) is 0 Å². The van der Waals surface area contributed by atoms with E-state index in [2.05, 4.69) is 15.9 Å². The third kappa shape index (κ3) is 2.38. The molecule has 2 nitrogen and oxygen atoms in total. The summed E-state index contributed by atoms with van der Waals surface area (Å²) >= 11 is 4.98. The lowest BCUT2D eigenvalue weighted by atomic mass is 10.1. The van der Waals surface area contributed by atoms with Gasteiger partial charge in [0, 0.05) is 9.39 Å². The van der Waals surface area contributed by atoms with E-state index in [1.54, 1.807) is 11.8 Å². The van der Waals surface area contributed by atoms with E-state index in [1.807, 2.05) is 12.3 Å². The minimum absolute atomic E-state index is 0.257. The maximum absolute atomic E-state index is 11.4. The van der Waals surface area contributed by atoms with Crippen molar-refractivity contribution in [2.45, 2.75) is 12.8 Å². The van der Waals surface area contributed by atoms with E-state index in [0.29, 0.717) is 5.57 Å². The normalized spacial score (nSPS) is 17.0. The predicted octanol–water partition coefficient (Wildman–Crippen LogP) is 2.85. The minimum atomic E-state index is -0.257. The van der Waals surface area contributed by atoms with Crippen LogP contribution in [0.1, 0.15) is 12.8 Å². The number of ether oxygens (including phenoxy) is 1. The van der Waals surface area contributed by atoms with Crippen molar-refractivity contribution in [2.75, 3.05) is 13.4 Å². The van der Waals surface area contributed by atoms with E-state index in [1.165, 1.54) is 7.11 Å². The van der Waals surface area contributed by atoms with Crippen LogP contribution in [-0.4, -0.2) is 19.3 Å². The molecular weight excluding hydrogens is 252 g/mol. The number of carbonyl (C=O) groups is 1. The molecule has 0 saturated carbocycles. The van der Waals surface area contributed by atoms with Crippen molar-refractivity contribution >= 4 is 33.7 Å². The summed E-state index contributed by atoms with van der Waals surface area (Å²) in [5.74, 6) is -0.257. The molecule has 0 aliphatic heterocycles. The lowest BCUT2D eigenvalue weighted by Gasteiger charge is -2.15. The standard InChI is InChI=1S/C9H11BrO2S/c1-12-9(11)8-6(10)4-3-5-7(8)13-2/h4H,3,5H2,1-2H3. The highest BCUT2D eigenvalue weighted by atomic mass is 79.9. The first kappa shape index (κ1) is 10.9. The first-order valence-electron chi connectivity index (χ1n) is 3.92. The van der Waals surface area contributed by atoms with Crippen molar-refractivity contribution in [3.05, 3.63) is 21.0 Å². The maximum Gasteiger partial charge on any atom is 0.339 e. The third-order valence-electron chi connectivity index (χ3n) is 1.85. The number of hydrogen-bond donors (Lipinski definition) is 0. The Balaban J connectivity index is 3.03. The fourth-order valence-corrected chi connectivity index (χ4v) is 2.69. The zero-order valence-corrected chi connectivity index (χ0v) is 10.00. The van der Waals surface area contributed by atoms with Crippen LogP contribution in [0.4, 0.5) is 0 Å². The molecule has 1 rings (SSSR count). The first-order chi connectivity index (χ1) is 6.20. The van der Waals surface area contributed by atoms with Gasteiger partial charge in [-0.3, -0.25) is 0 Å². The molecule has 0 radical (unpaired) electrons. The van der Waals surface area contributed by atoms with E-state index in [9.17, 15) is 4.79 Å². The Labute approximate surface area is 90.5 Å². The van der Waals surface area contributed by atoms with Gasteiger partial charge in [0.25, 0.3) is 0 Å². The molecule has 0 bridgehead atoms. The summed E-state index contributed by atoms with van der Waals surface area (Å²) in [6.45, 7) is 0. The third-order valence-corrected chi connectivity index (χ3v) is 3.47. The van der Waals surface area contributed by atoms with Crippen molar-refractivity contribution < 1.29 is 9.53 Å². The number of rotatable bonds is 2. The van der Waals surface area contributed by atoms with Crippen LogP contribution in [-0.2, 0) is 9.53 Å². The van der Waals surface area contributed by atoms with Gasteiger partial charge in [-0.05, 0) is 19.1 Å². The van der Waals surface area contributed by atoms with Crippen molar-refractivity contribution in [2.24, 2.45) is 0 Å². The molecule has 0 aromatic heterocycles. The van der Waals surface area contributed by atoms with Crippen molar-refractivity contribution in [1.82, 2.24) is 0 Å². The van der Waals surface area contributed by atoms with Crippen LogP contribution in [0.15, 0.2) is 21.0 Å². The molecule has 0 amide bonds. The number of carbonyl (C=O) groups excluding carboxylic acids is 1. The Morgan fingerprint density at radius 3 is 2.92 bits per heavy atom. The molecule has 0 spiro atoms. The second-order valence-corrected chi connectivity index (χ2v) is 4.34. The summed E-state index contributed by atoms with van der Waals surface area (Å²) in [6.07, 6.45) is 5.90. The molecule has 4 heteroatoms. The molecule has 0 aromatic rings. The molecular formula is C9H11BrO2S.